The fourth-order valence-corrected chi connectivity index (χ4v) is 1.40. The van der Waals surface area contributed by atoms with Gasteiger partial charge in [0.15, 0.2) is 0 Å². The van der Waals surface area contributed by atoms with Gasteiger partial charge in [0, 0.05) is 3.92 Å². The zero-order valence-corrected chi connectivity index (χ0v) is 7.92. The SMILES string of the molecule is CC1=CC(C)[C@@H](I)C=C1. The van der Waals surface area contributed by atoms with Gasteiger partial charge in [-0.05, 0) is 12.8 Å². The van der Waals surface area contributed by atoms with Crippen molar-refractivity contribution in [3.63, 3.8) is 0 Å². The van der Waals surface area contributed by atoms with Gasteiger partial charge in [-0.15, -0.1) is 0 Å². The van der Waals surface area contributed by atoms with Gasteiger partial charge in [0.25, 0.3) is 0 Å². The highest BCUT2D eigenvalue weighted by Gasteiger charge is 2.10. The van der Waals surface area contributed by atoms with Crippen LogP contribution in [0, 0.1) is 5.92 Å². The molecule has 0 aromatic carbocycles. The standard InChI is InChI=1S/C8H11I/c1-6-3-4-8(9)7(2)5-6/h3-5,7-8H,1-2H3/t7?,8-/m0/s1. The molecule has 50 valence electrons. The maximum absolute atomic E-state index is 2.46. The van der Waals surface area contributed by atoms with E-state index >= 15 is 0 Å². The highest BCUT2D eigenvalue weighted by atomic mass is 127. The van der Waals surface area contributed by atoms with Crippen LogP contribution in [0.3, 0.4) is 0 Å². The summed E-state index contributed by atoms with van der Waals surface area (Å²) in [4.78, 5) is 0. The minimum Gasteiger partial charge on any atom is -0.0774 e. The van der Waals surface area contributed by atoms with Crippen molar-refractivity contribution in [1.29, 1.82) is 0 Å². The molecule has 0 aliphatic heterocycles. The monoisotopic (exact) mass is 234 g/mol. The Hall–Kier alpha value is 0.210. The van der Waals surface area contributed by atoms with Crippen LogP contribution in [0.5, 0.6) is 0 Å². The van der Waals surface area contributed by atoms with Gasteiger partial charge in [-0.3, -0.25) is 0 Å². The summed E-state index contributed by atoms with van der Waals surface area (Å²) in [5.74, 6) is 0.718. The Kier molecular flexibility index (Phi) is 2.33. The fourth-order valence-electron chi connectivity index (χ4n) is 0.981. The molecule has 1 unspecified atom stereocenters. The lowest BCUT2D eigenvalue weighted by atomic mass is 9.99. The lowest BCUT2D eigenvalue weighted by Crippen LogP contribution is -2.08. The highest BCUT2D eigenvalue weighted by molar-refractivity contribution is 14.1. The fraction of sp³-hybridized carbons (Fsp3) is 0.500. The van der Waals surface area contributed by atoms with E-state index in [1.54, 1.807) is 0 Å². The smallest absolute Gasteiger partial charge is 0.0352 e. The largest absolute Gasteiger partial charge is 0.0774 e. The zero-order valence-electron chi connectivity index (χ0n) is 5.76. The molecule has 1 rings (SSSR count). The second-order valence-corrected chi connectivity index (χ2v) is 4.01. The summed E-state index contributed by atoms with van der Waals surface area (Å²) < 4.78 is 0.700. The minimum absolute atomic E-state index is 0.700. The van der Waals surface area contributed by atoms with Crippen LogP contribution in [-0.2, 0) is 0 Å². The minimum atomic E-state index is 0.700. The number of allylic oxidation sites excluding steroid dienone is 4. The van der Waals surface area contributed by atoms with Gasteiger partial charge in [0.05, 0.1) is 0 Å². The van der Waals surface area contributed by atoms with E-state index in [0.29, 0.717) is 3.92 Å². The quantitative estimate of drug-likeness (QED) is 0.446. The van der Waals surface area contributed by atoms with Crippen LogP contribution >= 0.6 is 22.6 Å². The average Bonchev–Trinajstić information content (AvgIpc) is 1.80. The number of rotatable bonds is 0. The molecule has 0 spiro atoms. The molecule has 1 aliphatic carbocycles. The first-order chi connectivity index (χ1) is 4.20. The molecule has 0 N–H and O–H groups in total. The number of hydrogen-bond donors (Lipinski definition) is 0. The van der Waals surface area contributed by atoms with Crippen LogP contribution in [0.1, 0.15) is 13.8 Å². The van der Waals surface area contributed by atoms with E-state index in [-0.39, 0.29) is 0 Å². The maximum Gasteiger partial charge on any atom is 0.0352 e. The Balaban J connectivity index is 2.70. The molecule has 1 heteroatoms. The van der Waals surface area contributed by atoms with Crippen molar-refractivity contribution in [1.82, 2.24) is 0 Å². The summed E-state index contributed by atoms with van der Waals surface area (Å²) in [6.07, 6.45) is 6.77. The molecule has 0 aromatic heterocycles. The molecule has 0 radical (unpaired) electrons. The van der Waals surface area contributed by atoms with Crippen LogP contribution in [0.15, 0.2) is 23.8 Å². The summed E-state index contributed by atoms with van der Waals surface area (Å²) in [7, 11) is 0. The third kappa shape index (κ3) is 1.81. The Labute approximate surface area is 70.2 Å². The second kappa shape index (κ2) is 2.86. The Morgan fingerprint density at radius 2 is 2.22 bits per heavy atom. The summed E-state index contributed by atoms with van der Waals surface area (Å²) in [5.41, 5.74) is 1.40. The molecule has 0 fully saturated rings. The highest BCUT2D eigenvalue weighted by Crippen LogP contribution is 2.22. The van der Waals surface area contributed by atoms with Crippen molar-refractivity contribution in [2.24, 2.45) is 5.92 Å². The Morgan fingerprint density at radius 1 is 1.56 bits per heavy atom. The number of alkyl halides is 1. The van der Waals surface area contributed by atoms with E-state index in [1.165, 1.54) is 5.57 Å². The predicted molar refractivity (Wildman–Crippen MR) is 49.9 cm³/mol. The first-order valence-electron chi connectivity index (χ1n) is 3.21. The molecule has 0 saturated heterocycles. The van der Waals surface area contributed by atoms with Crippen molar-refractivity contribution in [2.45, 2.75) is 17.8 Å². The van der Waals surface area contributed by atoms with Crippen molar-refractivity contribution < 1.29 is 0 Å². The van der Waals surface area contributed by atoms with Crippen LogP contribution in [0.4, 0.5) is 0 Å². The lowest BCUT2D eigenvalue weighted by Gasteiger charge is -2.15. The molecule has 1 aliphatic rings. The van der Waals surface area contributed by atoms with Gasteiger partial charge in [0.1, 0.15) is 0 Å². The molecule has 0 heterocycles. The molecule has 0 aromatic rings. The molecule has 2 atom stereocenters. The van der Waals surface area contributed by atoms with E-state index in [4.69, 9.17) is 0 Å². The van der Waals surface area contributed by atoms with Crippen LogP contribution in [0.2, 0.25) is 0 Å². The molecule has 0 bridgehead atoms. The van der Waals surface area contributed by atoms with Crippen molar-refractivity contribution >= 4 is 22.6 Å². The maximum atomic E-state index is 2.46. The van der Waals surface area contributed by atoms with Crippen LogP contribution in [0.25, 0.3) is 0 Å². The Bertz CT molecular complexity index is 156. The van der Waals surface area contributed by atoms with Crippen LogP contribution < -0.4 is 0 Å². The Morgan fingerprint density at radius 3 is 2.67 bits per heavy atom. The molecular weight excluding hydrogens is 223 g/mol. The molecule has 9 heavy (non-hydrogen) atoms. The lowest BCUT2D eigenvalue weighted by molar-refractivity contribution is 0.764. The van der Waals surface area contributed by atoms with Gasteiger partial charge in [0.2, 0.25) is 0 Å². The summed E-state index contributed by atoms with van der Waals surface area (Å²) in [5, 5.41) is 0. The topological polar surface area (TPSA) is 0 Å². The summed E-state index contributed by atoms with van der Waals surface area (Å²) in [6, 6.07) is 0. The second-order valence-electron chi connectivity index (χ2n) is 2.57. The van der Waals surface area contributed by atoms with E-state index in [0.717, 1.165) is 5.92 Å². The van der Waals surface area contributed by atoms with Crippen molar-refractivity contribution in [3.8, 4) is 0 Å². The van der Waals surface area contributed by atoms with Gasteiger partial charge >= 0.3 is 0 Å². The average molecular weight is 234 g/mol. The summed E-state index contributed by atoms with van der Waals surface area (Å²) in [6.45, 7) is 4.40. The van der Waals surface area contributed by atoms with E-state index in [2.05, 4.69) is 54.7 Å². The molecular formula is C8H11I. The molecule has 0 nitrogen and oxygen atoms in total. The van der Waals surface area contributed by atoms with E-state index in [9.17, 15) is 0 Å². The third-order valence-electron chi connectivity index (χ3n) is 1.57. The summed E-state index contributed by atoms with van der Waals surface area (Å²) >= 11 is 2.46. The molecule has 0 amide bonds. The molecule has 0 saturated carbocycles. The van der Waals surface area contributed by atoms with Gasteiger partial charge in [-0.1, -0.05) is 53.3 Å². The number of halogens is 1. The zero-order chi connectivity index (χ0) is 6.85. The van der Waals surface area contributed by atoms with Crippen LogP contribution in [-0.4, -0.2) is 3.92 Å². The third-order valence-corrected chi connectivity index (χ3v) is 3.12. The van der Waals surface area contributed by atoms with E-state index < -0.39 is 0 Å². The van der Waals surface area contributed by atoms with E-state index in [1.807, 2.05) is 0 Å². The van der Waals surface area contributed by atoms with Crippen molar-refractivity contribution in [3.05, 3.63) is 23.8 Å². The van der Waals surface area contributed by atoms with Gasteiger partial charge in [-0.2, -0.15) is 0 Å². The first-order valence-corrected chi connectivity index (χ1v) is 4.45. The van der Waals surface area contributed by atoms with Crippen molar-refractivity contribution in [2.75, 3.05) is 0 Å². The number of hydrogen-bond acceptors (Lipinski definition) is 0. The first kappa shape index (κ1) is 7.32. The van der Waals surface area contributed by atoms with Gasteiger partial charge in [-0.25, -0.2) is 0 Å². The normalized spacial score (nSPS) is 34.3. The predicted octanol–water partition coefficient (Wildman–Crippen LogP) is 2.94. The van der Waals surface area contributed by atoms with Gasteiger partial charge < -0.3 is 0 Å².